The van der Waals surface area contributed by atoms with E-state index in [1.807, 2.05) is 0 Å². The largest absolute Gasteiger partial charge is 0.478 e. The summed E-state index contributed by atoms with van der Waals surface area (Å²) in [4.78, 5) is 20.7. The van der Waals surface area contributed by atoms with Crippen LogP contribution in [0.5, 0.6) is 0 Å². The Bertz CT molecular complexity index is 896. The van der Waals surface area contributed by atoms with Gasteiger partial charge in [0.15, 0.2) is 0 Å². The molecule has 2 N–H and O–H groups in total. The Morgan fingerprint density at radius 2 is 0.933 bits per heavy atom. The lowest BCUT2D eigenvalue weighted by Gasteiger charge is -2.12. The van der Waals surface area contributed by atoms with Crippen molar-refractivity contribution in [3.8, 4) is 0 Å². The molecule has 0 radical (unpaired) electrons. The van der Waals surface area contributed by atoms with E-state index in [1.54, 1.807) is 0 Å². The summed E-state index contributed by atoms with van der Waals surface area (Å²) >= 11 is 0. The van der Waals surface area contributed by atoms with Gasteiger partial charge in [0, 0.05) is 0 Å². The lowest BCUT2D eigenvalue weighted by molar-refractivity contribution is -0.143. The van der Waals surface area contributed by atoms with Crippen LogP contribution in [0.25, 0.3) is 0 Å². The quantitative estimate of drug-likeness (QED) is 0.568. The third-order valence-electron chi connectivity index (χ3n) is 3.27. The molecule has 0 atom stereocenters. The summed E-state index contributed by atoms with van der Waals surface area (Å²) in [5.74, 6) is -3.23. The lowest BCUT2D eigenvalue weighted by Crippen LogP contribution is -2.13. The number of hydrogen-bond acceptors (Lipinski definition) is 2. The molecule has 4 nitrogen and oxygen atoms in total. The number of carbonyl (C=O) groups is 2. The molecule has 0 aliphatic rings. The molecule has 13 heteroatoms. The molecule has 0 saturated heterocycles. The van der Waals surface area contributed by atoms with Crippen molar-refractivity contribution in [2.45, 2.75) is 18.5 Å². The molecular weight excluding hydrogens is 439 g/mol. The van der Waals surface area contributed by atoms with E-state index in [0.717, 1.165) is 18.2 Å². The summed E-state index contributed by atoms with van der Waals surface area (Å²) in [5, 5.41) is 16.8. The molecule has 0 fully saturated rings. The molecule has 0 bridgehead atoms. The summed E-state index contributed by atoms with van der Waals surface area (Å²) < 4.78 is 110. The fraction of sp³-hybridized carbons (Fsp3) is 0.176. The smallest absolute Gasteiger partial charge is 0.416 e. The van der Waals surface area contributed by atoms with E-state index in [9.17, 15) is 49.1 Å². The summed E-state index contributed by atoms with van der Waals surface area (Å²) in [5.41, 5.74) is -5.68. The van der Waals surface area contributed by atoms with E-state index in [1.165, 1.54) is 0 Å². The number of rotatable bonds is 2. The standard InChI is InChI=1S/C9H4F6O2.C8H5F3O2/c10-8(11,12)5-1-4(7(16)17)2-6(3-5)9(13,14)15;9-8(10,11)6-3-1-2-5(4-6)7(12)13/h1-3H,(H,16,17);1-4H,(H,12,13). The van der Waals surface area contributed by atoms with Gasteiger partial charge in [-0.05, 0) is 36.4 Å². The number of carboxylic acids is 2. The maximum absolute atomic E-state index is 12.2. The molecule has 0 aliphatic heterocycles. The molecule has 0 aromatic heterocycles. The molecule has 0 spiro atoms. The minimum absolute atomic E-state index is 0.133. The van der Waals surface area contributed by atoms with Crippen molar-refractivity contribution in [3.05, 3.63) is 70.3 Å². The van der Waals surface area contributed by atoms with Crippen LogP contribution in [0.1, 0.15) is 37.4 Å². The molecule has 0 amide bonds. The monoisotopic (exact) mass is 448 g/mol. The zero-order valence-electron chi connectivity index (χ0n) is 14.2. The molecule has 2 aromatic rings. The second-order valence-corrected chi connectivity index (χ2v) is 5.48. The van der Waals surface area contributed by atoms with Crippen molar-refractivity contribution in [3.63, 3.8) is 0 Å². The molecule has 2 aromatic carbocycles. The van der Waals surface area contributed by atoms with E-state index in [-0.39, 0.29) is 23.8 Å². The molecule has 0 heterocycles. The molecule has 164 valence electrons. The van der Waals surface area contributed by atoms with Gasteiger partial charge in [-0.25, -0.2) is 9.59 Å². The predicted molar refractivity (Wildman–Crippen MR) is 81.8 cm³/mol. The molecule has 0 aliphatic carbocycles. The third-order valence-corrected chi connectivity index (χ3v) is 3.27. The second-order valence-electron chi connectivity index (χ2n) is 5.48. The highest BCUT2D eigenvalue weighted by Gasteiger charge is 2.37. The van der Waals surface area contributed by atoms with Gasteiger partial charge in [-0.2, -0.15) is 39.5 Å². The van der Waals surface area contributed by atoms with E-state index >= 15 is 0 Å². The van der Waals surface area contributed by atoms with E-state index in [0.29, 0.717) is 6.07 Å². The summed E-state index contributed by atoms with van der Waals surface area (Å²) in [6.45, 7) is 0. The van der Waals surface area contributed by atoms with Gasteiger partial charge < -0.3 is 10.2 Å². The van der Waals surface area contributed by atoms with Crippen LogP contribution in [0.3, 0.4) is 0 Å². The van der Waals surface area contributed by atoms with Crippen molar-refractivity contribution in [2.75, 3.05) is 0 Å². The maximum Gasteiger partial charge on any atom is 0.416 e. The van der Waals surface area contributed by atoms with Gasteiger partial charge in [-0.3, -0.25) is 0 Å². The first-order valence-electron chi connectivity index (χ1n) is 7.36. The van der Waals surface area contributed by atoms with Gasteiger partial charge in [-0.15, -0.1) is 0 Å². The minimum Gasteiger partial charge on any atom is -0.478 e. The molecule has 2 rings (SSSR count). The van der Waals surface area contributed by atoms with Gasteiger partial charge in [0.1, 0.15) is 0 Å². The van der Waals surface area contributed by atoms with Gasteiger partial charge >= 0.3 is 30.5 Å². The van der Waals surface area contributed by atoms with Crippen molar-refractivity contribution in [1.82, 2.24) is 0 Å². The van der Waals surface area contributed by atoms with E-state index < -0.39 is 52.7 Å². The SMILES string of the molecule is O=C(O)c1cc(C(F)(F)F)cc(C(F)(F)F)c1.O=C(O)c1cccc(C(F)(F)F)c1. The number of alkyl halides is 9. The fourth-order valence-corrected chi connectivity index (χ4v) is 1.91. The number of aromatic carboxylic acids is 2. The summed E-state index contributed by atoms with van der Waals surface area (Å²) in [6, 6.07) is 3.76. The number of halogens is 9. The highest BCUT2D eigenvalue weighted by Crippen LogP contribution is 2.36. The molecular formula is C17H9F9O4. The molecule has 30 heavy (non-hydrogen) atoms. The van der Waals surface area contributed by atoms with Gasteiger partial charge in [0.2, 0.25) is 0 Å². The van der Waals surface area contributed by atoms with Crippen LogP contribution in [0, 0.1) is 0 Å². The zero-order valence-corrected chi connectivity index (χ0v) is 14.2. The average Bonchev–Trinajstić information content (AvgIpc) is 2.59. The van der Waals surface area contributed by atoms with Crippen molar-refractivity contribution < 1.29 is 59.3 Å². The number of carboxylic acid groups (broad SMARTS) is 2. The van der Waals surface area contributed by atoms with Crippen LogP contribution in [0.4, 0.5) is 39.5 Å². The fourth-order valence-electron chi connectivity index (χ4n) is 1.91. The van der Waals surface area contributed by atoms with Crippen molar-refractivity contribution >= 4 is 11.9 Å². The Morgan fingerprint density at radius 3 is 1.27 bits per heavy atom. The van der Waals surface area contributed by atoms with Gasteiger partial charge in [0.25, 0.3) is 0 Å². The van der Waals surface area contributed by atoms with E-state index in [2.05, 4.69) is 0 Å². The topological polar surface area (TPSA) is 74.6 Å². The highest BCUT2D eigenvalue weighted by atomic mass is 19.4. The lowest BCUT2D eigenvalue weighted by atomic mass is 10.0. The second kappa shape index (κ2) is 8.63. The average molecular weight is 448 g/mol. The molecule has 0 unspecified atom stereocenters. The van der Waals surface area contributed by atoms with Crippen LogP contribution >= 0.6 is 0 Å². The van der Waals surface area contributed by atoms with Crippen LogP contribution in [-0.4, -0.2) is 22.2 Å². The van der Waals surface area contributed by atoms with E-state index in [4.69, 9.17) is 10.2 Å². The normalized spacial score (nSPS) is 12.0. The van der Waals surface area contributed by atoms with Gasteiger partial charge in [-0.1, -0.05) is 6.07 Å². The maximum atomic E-state index is 12.2. The van der Waals surface area contributed by atoms with Crippen molar-refractivity contribution in [2.24, 2.45) is 0 Å². The first-order valence-corrected chi connectivity index (χ1v) is 7.36. The highest BCUT2D eigenvalue weighted by molar-refractivity contribution is 5.88. The minimum atomic E-state index is -5.04. The Morgan fingerprint density at radius 1 is 0.567 bits per heavy atom. The first kappa shape index (κ1) is 24.8. The Hall–Kier alpha value is -3.25. The number of benzene rings is 2. The van der Waals surface area contributed by atoms with Crippen LogP contribution in [0.2, 0.25) is 0 Å². The van der Waals surface area contributed by atoms with Gasteiger partial charge in [0.05, 0.1) is 27.8 Å². The van der Waals surface area contributed by atoms with Crippen molar-refractivity contribution in [1.29, 1.82) is 0 Å². The van der Waals surface area contributed by atoms with Crippen LogP contribution in [0.15, 0.2) is 42.5 Å². The summed E-state index contributed by atoms with van der Waals surface area (Å²) in [7, 11) is 0. The molecule has 0 saturated carbocycles. The van der Waals surface area contributed by atoms with Crippen LogP contribution in [-0.2, 0) is 18.5 Å². The third kappa shape index (κ3) is 6.97. The Balaban J connectivity index is 0.000000311. The predicted octanol–water partition coefficient (Wildman–Crippen LogP) is 5.83. The summed E-state index contributed by atoms with van der Waals surface area (Å²) in [6.07, 6.45) is -14.6. The Labute approximate surface area is 161 Å². The number of hydrogen-bond donors (Lipinski definition) is 2. The first-order chi connectivity index (χ1) is 13.4. The van der Waals surface area contributed by atoms with Crippen LogP contribution < -0.4 is 0 Å². The zero-order chi connectivity index (χ0) is 23.5. The Kier molecular flexibility index (Phi) is 7.13.